The van der Waals surface area contributed by atoms with E-state index in [0.717, 1.165) is 21.3 Å². The van der Waals surface area contributed by atoms with Gasteiger partial charge in [0.15, 0.2) is 16.6 Å². The lowest BCUT2D eigenvalue weighted by Gasteiger charge is -2.10. The van der Waals surface area contributed by atoms with E-state index in [-0.39, 0.29) is 5.91 Å². The van der Waals surface area contributed by atoms with Gasteiger partial charge in [-0.3, -0.25) is 10.1 Å². The van der Waals surface area contributed by atoms with Crippen LogP contribution in [0.15, 0.2) is 53.9 Å². The van der Waals surface area contributed by atoms with Crippen LogP contribution in [0.1, 0.15) is 27.7 Å². The third-order valence-corrected chi connectivity index (χ3v) is 6.18. The van der Waals surface area contributed by atoms with Gasteiger partial charge < -0.3 is 9.47 Å². The summed E-state index contributed by atoms with van der Waals surface area (Å²) >= 11 is 2.87. The molecule has 0 saturated heterocycles. The number of amides is 1. The van der Waals surface area contributed by atoms with Gasteiger partial charge in [-0.25, -0.2) is 4.98 Å². The summed E-state index contributed by atoms with van der Waals surface area (Å²) in [5.74, 6) is 1.25. The first-order chi connectivity index (χ1) is 14.1. The Kier molecular flexibility index (Phi) is 5.78. The minimum absolute atomic E-state index is 0.160. The van der Waals surface area contributed by atoms with Gasteiger partial charge in [0.2, 0.25) is 0 Å². The summed E-state index contributed by atoms with van der Waals surface area (Å²) < 4.78 is 12.5. The van der Waals surface area contributed by atoms with Crippen molar-refractivity contribution in [2.45, 2.75) is 20.5 Å². The number of ether oxygens (including phenoxy) is 2. The van der Waals surface area contributed by atoms with Crippen molar-refractivity contribution in [3.05, 3.63) is 69.9 Å². The van der Waals surface area contributed by atoms with E-state index in [4.69, 9.17) is 9.47 Å². The van der Waals surface area contributed by atoms with Crippen LogP contribution >= 0.6 is 22.7 Å². The molecule has 0 aliphatic carbocycles. The van der Waals surface area contributed by atoms with Crippen molar-refractivity contribution in [1.82, 2.24) is 4.98 Å². The predicted octanol–water partition coefficient (Wildman–Crippen LogP) is 5.90. The molecule has 1 N–H and O–H groups in total. The maximum atomic E-state index is 12.6. The maximum absolute atomic E-state index is 12.6. The van der Waals surface area contributed by atoms with Crippen LogP contribution in [0.25, 0.3) is 10.2 Å². The number of thiazole rings is 1. The van der Waals surface area contributed by atoms with Crippen LogP contribution in [0.2, 0.25) is 0 Å². The SMILES string of the molecule is CCOc1ccccc1OCc1csc(C(=O)Nc2nc3c(C)cccc3s2)c1. The van der Waals surface area contributed by atoms with Gasteiger partial charge in [0.25, 0.3) is 5.91 Å². The number of carbonyl (C=O) groups excluding carboxylic acids is 1. The molecule has 4 aromatic rings. The summed E-state index contributed by atoms with van der Waals surface area (Å²) in [5, 5.41) is 5.44. The summed E-state index contributed by atoms with van der Waals surface area (Å²) in [7, 11) is 0. The van der Waals surface area contributed by atoms with Gasteiger partial charge in [0.05, 0.1) is 21.7 Å². The number of benzene rings is 2. The van der Waals surface area contributed by atoms with Gasteiger partial charge in [0.1, 0.15) is 6.61 Å². The molecule has 0 atom stereocenters. The molecular formula is C22H20N2O3S2. The number of hydrogen-bond acceptors (Lipinski definition) is 6. The maximum Gasteiger partial charge on any atom is 0.267 e. The van der Waals surface area contributed by atoms with Crippen molar-refractivity contribution in [3.8, 4) is 11.5 Å². The molecule has 2 aromatic heterocycles. The molecule has 1 amide bonds. The average Bonchev–Trinajstić information content (AvgIpc) is 3.35. The Morgan fingerprint density at radius 2 is 1.90 bits per heavy atom. The van der Waals surface area contributed by atoms with Crippen molar-refractivity contribution in [3.63, 3.8) is 0 Å². The number of rotatable bonds is 7. The molecule has 29 heavy (non-hydrogen) atoms. The van der Waals surface area contributed by atoms with E-state index >= 15 is 0 Å². The topological polar surface area (TPSA) is 60.5 Å². The highest BCUT2D eigenvalue weighted by Crippen LogP contribution is 2.30. The first-order valence-corrected chi connectivity index (χ1v) is 10.9. The van der Waals surface area contributed by atoms with E-state index in [1.54, 1.807) is 0 Å². The fourth-order valence-electron chi connectivity index (χ4n) is 2.87. The molecule has 0 unspecified atom stereocenters. The van der Waals surface area contributed by atoms with Crippen LogP contribution in [0.4, 0.5) is 5.13 Å². The van der Waals surface area contributed by atoms with Gasteiger partial charge >= 0.3 is 0 Å². The minimum atomic E-state index is -0.160. The van der Waals surface area contributed by atoms with Gasteiger partial charge in [-0.1, -0.05) is 35.6 Å². The molecule has 4 rings (SSSR count). The molecule has 0 radical (unpaired) electrons. The van der Waals surface area contributed by atoms with Crippen LogP contribution in [0.3, 0.4) is 0 Å². The molecule has 2 heterocycles. The Labute approximate surface area is 176 Å². The van der Waals surface area contributed by atoms with Crippen molar-refractivity contribution in [2.75, 3.05) is 11.9 Å². The molecular weight excluding hydrogens is 404 g/mol. The molecule has 5 nitrogen and oxygen atoms in total. The lowest BCUT2D eigenvalue weighted by Crippen LogP contribution is -2.09. The molecule has 0 saturated carbocycles. The highest BCUT2D eigenvalue weighted by atomic mass is 32.1. The second-order valence-electron chi connectivity index (χ2n) is 6.38. The van der Waals surface area contributed by atoms with E-state index < -0.39 is 0 Å². The lowest BCUT2D eigenvalue weighted by atomic mass is 10.2. The molecule has 2 aromatic carbocycles. The number of aryl methyl sites for hydroxylation is 1. The van der Waals surface area contributed by atoms with E-state index in [1.807, 2.05) is 67.8 Å². The van der Waals surface area contributed by atoms with Gasteiger partial charge in [-0.2, -0.15) is 0 Å². The molecule has 0 aliphatic rings. The zero-order valence-corrected chi connectivity index (χ0v) is 17.7. The predicted molar refractivity (Wildman–Crippen MR) is 119 cm³/mol. The number of nitrogens with zero attached hydrogens (tertiary/aromatic N) is 1. The van der Waals surface area contributed by atoms with Crippen molar-refractivity contribution < 1.29 is 14.3 Å². The number of fused-ring (bicyclic) bond motifs is 1. The highest BCUT2D eigenvalue weighted by Gasteiger charge is 2.14. The summed E-state index contributed by atoms with van der Waals surface area (Å²) in [6.45, 7) is 4.90. The Morgan fingerprint density at radius 1 is 1.10 bits per heavy atom. The number of thiophene rings is 1. The molecule has 0 bridgehead atoms. The average molecular weight is 425 g/mol. The van der Waals surface area contributed by atoms with E-state index in [9.17, 15) is 4.79 Å². The van der Waals surface area contributed by atoms with Crippen LogP contribution < -0.4 is 14.8 Å². The number of para-hydroxylation sites is 3. The number of anilines is 1. The summed E-state index contributed by atoms with van der Waals surface area (Å²) in [6.07, 6.45) is 0. The zero-order chi connectivity index (χ0) is 20.2. The Hall–Kier alpha value is -2.90. The largest absolute Gasteiger partial charge is 0.490 e. The second-order valence-corrected chi connectivity index (χ2v) is 8.32. The summed E-state index contributed by atoms with van der Waals surface area (Å²) in [4.78, 5) is 17.8. The quantitative estimate of drug-likeness (QED) is 0.401. The lowest BCUT2D eigenvalue weighted by molar-refractivity contribution is 0.103. The number of aromatic nitrogens is 1. The Balaban J connectivity index is 1.42. The molecule has 0 spiro atoms. The van der Waals surface area contributed by atoms with Crippen LogP contribution in [-0.4, -0.2) is 17.5 Å². The van der Waals surface area contributed by atoms with Crippen LogP contribution in [-0.2, 0) is 6.61 Å². The summed E-state index contributed by atoms with van der Waals surface area (Å²) in [6, 6.07) is 15.4. The summed E-state index contributed by atoms with van der Waals surface area (Å²) in [5.41, 5.74) is 2.97. The first-order valence-electron chi connectivity index (χ1n) is 9.23. The fourth-order valence-corrected chi connectivity index (χ4v) is 4.60. The standard InChI is InChI=1S/C22H20N2O3S2/c1-3-26-16-8-4-5-9-17(16)27-12-15-11-19(28-13-15)21(25)24-22-23-20-14(2)7-6-10-18(20)29-22/h4-11,13H,3,12H2,1-2H3,(H,23,24,25). The fraction of sp³-hybridized carbons (Fsp3) is 0.182. The minimum Gasteiger partial charge on any atom is -0.490 e. The zero-order valence-electron chi connectivity index (χ0n) is 16.1. The van der Waals surface area contributed by atoms with Crippen LogP contribution in [0, 0.1) is 6.92 Å². The molecule has 148 valence electrons. The van der Waals surface area contributed by atoms with Crippen molar-refractivity contribution in [2.24, 2.45) is 0 Å². The van der Waals surface area contributed by atoms with Crippen molar-refractivity contribution >= 4 is 43.9 Å². The van der Waals surface area contributed by atoms with Gasteiger partial charge in [-0.15, -0.1) is 11.3 Å². The first kappa shape index (κ1) is 19.4. The number of carbonyl (C=O) groups is 1. The number of nitrogens with one attached hydrogen (secondary N) is 1. The normalized spacial score (nSPS) is 10.8. The monoisotopic (exact) mass is 424 g/mol. The smallest absolute Gasteiger partial charge is 0.267 e. The van der Waals surface area contributed by atoms with E-state index in [2.05, 4.69) is 10.3 Å². The van der Waals surface area contributed by atoms with Gasteiger partial charge in [-0.05, 0) is 49.1 Å². The van der Waals surface area contributed by atoms with Gasteiger partial charge in [0, 0.05) is 5.56 Å². The molecule has 0 aliphatic heterocycles. The van der Waals surface area contributed by atoms with E-state index in [0.29, 0.717) is 34.7 Å². The number of hydrogen-bond donors (Lipinski definition) is 1. The second kappa shape index (κ2) is 8.63. The Bertz CT molecular complexity index is 1150. The molecule has 0 fully saturated rings. The third-order valence-electron chi connectivity index (χ3n) is 4.26. The Morgan fingerprint density at radius 3 is 2.66 bits per heavy atom. The van der Waals surface area contributed by atoms with Crippen LogP contribution in [0.5, 0.6) is 11.5 Å². The van der Waals surface area contributed by atoms with E-state index in [1.165, 1.54) is 22.7 Å². The third kappa shape index (κ3) is 4.41. The van der Waals surface area contributed by atoms with Crippen molar-refractivity contribution in [1.29, 1.82) is 0 Å². The molecule has 7 heteroatoms. The highest BCUT2D eigenvalue weighted by molar-refractivity contribution is 7.22.